The monoisotopic (exact) mass is 241 g/mol. The minimum atomic E-state index is -1.04. The summed E-state index contributed by atoms with van der Waals surface area (Å²) in [5, 5.41) is 11.7. The quantitative estimate of drug-likeness (QED) is 0.847. The van der Waals surface area contributed by atoms with Crippen LogP contribution < -0.4 is 5.32 Å². The molecule has 0 fully saturated rings. The molecule has 1 aromatic carbocycles. The Morgan fingerprint density at radius 3 is 2.38 bits per heavy atom. The zero-order chi connectivity index (χ0) is 12.1. The van der Waals surface area contributed by atoms with Gasteiger partial charge in [0.25, 0.3) is 5.91 Å². The molecular weight excluding hydrogens is 230 g/mol. The number of carboxylic acid groups (broad SMARTS) is 1. The molecule has 0 heterocycles. The number of rotatable bonds is 4. The van der Waals surface area contributed by atoms with Crippen molar-refractivity contribution in [1.29, 1.82) is 0 Å². The Bertz CT molecular complexity index is 389. The number of halogens is 1. The number of carbonyl (C=O) groups is 2. The number of hydrogen-bond donors (Lipinski definition) is 2. The summed E-state index contributed by atoms with van der Waals surface area (Å²) < 4.78 is 0. The normalized spacial score (nSPS) is 11.9. The lowest BCUT2D eigenvalue weighted by Crippen LogP contribution is -2.40. The third-order valence-electron chi connectivity index (χ3n) is 2.12. The molecule has 4 nitrogen and oxygen atoms in total. The number of hydrogen-bond acceptors (Lipinski definition) is 2. The van der Waals surface area contributed by atoms with E-state index in [1.54, 1.807) is 31.2 Å². The summed E-state index contributed by atoms with van der Waals surface area (Å²) in [6.45, 7) is 1.70. The van der Waals surface area contributed by atoms with Crippen LogP contribution in [0.15, 0.2) is 24.3 Å². The van der Waals surface area contributed by atoms with Gasteiger partial charge in [0.2, 0.25) is 0 Å². The molecule has 1 rings (SSSR count). The van der Waals surface area contributed by atoms with Gasteiger partial charge < -0.3 is 10.4 Å². The number of aliphatic carboxylic acids is 1. The van der Waals surface area contributed by atoms with Gasteiger partial charge in [-0.25, -0.2) is 4.79 Å². The van der Waals surface area contributed by atoms with Crippen molar-refractivity contribution in [3.63, 3.8) is 0 Å². The molecular formula is C11H12ClNO3. The van der Waals surface area contributed by atoms with E-state index in [9.17, 15) is 9.59 Å². The summed E-state index contributed by atoms with van der Waals surface area (Å²) in [6.07, 6.45) is 0.342. The highest BCUT2D eigenvalue weighted by Gasteiger charge is 2.18. The minimum absolute atomic E-state index is 0.342. The number of carboxylic acids is 1. The van der Waals surface area contributed by atoms with Crippen molar-refractivity contribution < 1.29 is 14.7 Å². The molecule has 0 bridgehead atoms. The maximum atomic E-state index is 11.6. The van der Waals surface area contributed by atoms with Crippen LogP contribution in [0.1, 0.15) is 23.7 Å². The lowest BCUT2D eigenvalue weighted by molar-refractivity contribution is -0.139. The predicted octanol–water partition coefficient (Wildman–Crippen LogP) is 1.93. The molecule has 0 unspecified atom stereocenters. The maximum Gasteiger partial charge on any atom is 0.326 e. The van der Waals surface area contributed by atoms with Crippen molar-refractivity contribution in [2.75, 3.05) is 0 Å². The predicted molar refractivity (Wildman–Crippen MR) is 60.6 cm³/mol. The first-order valence-electron chi connectivity index (χ1n) is 4.83. The van der Waals surface area contributed by atoms with Gasteiger partial charge >= 0.3 is 5.97 Å². The van der Waals surface area contributed by atoms with E-state index in [1.807, 2.05) is 0 Å². The highest BCUT2D eigenvalue weighted by atomic mass is 35.5. The van der Waals surface area contributed by atoms with Gasteiger partial charge in [-0.05, 0) is 30.7 Å². The van der Waals surface area contributed by atoms with Crippen molar-refractivity contribution in [2.24, 2.45) is 0 Å². The van der Waals surface area contributed by atoms with Crippen LogP contribution in [0.4, 0.5) is 0 Å². The van der Waals surface area contributed by atoms with E-state index in [0.29, 0.717) is 17.0 Å². The van der Waals surface area contributed by atoms with Crippen molar-refractivity contribution >= 4 is 23.5 Å². The SMILES string of the molecule is CC[C@H](NC(=O)c1ccc(Cl)cc1)C(=O)O. The Morgan fingerprint density at radius 1 is 1.38 bits per heavy atom. The second-order valence-electron chi connectivity index (χ2n) is 3.28. The molecule has 0 saturated carbocycles. The van der Waals surface area contributed by atoms with E-state index < -0.39 is 17.9 Å². The van der Waals surface area contributed by atoms with Crippen LogP contribution in [0.3, 0.4) is 0 Å². The molecule has 0 aliphatic heterocycles. The molecule has 86 valence electrons. The van der Waals surface area contributed by atoms with Gasteiger partial charge in [0.05, 0.1) is 0 Å². The first-order chi connectivity index (χ1) is 7.54. The topological polar surface area (TPSA) is 66.4 Å². The second kappa shape index (κ2) is 5.51. The highest BCUT2D eigenvalue weighted by molar-refractivity contribution is 6.30. The van der Waals surface area contributed by atoms with Crippen LogP contribution in [0.2, 0.25) is 5.02 Å². The number of nitrogens with one attached hydrogen (secondary N) is 1. The van der Waals surface area contributed by atoms with Crippen molar-refractivity contribution in [3.05, 3.63) is 34.9 Å². The molecule has 0 aliphatic rings. The Kier molecular flexibility index (Phi) is 4.31. The summed E-state index contributed by atoms with van der Waals surface area (Å²) in [6, 6.07) is 5.40. The molecule has 0 aromatic heterocycles. The van der Waals surface area contributed by atoms with Crippen LogP contribution >= 0.6 is 11.6 Å². The molecule has 5 heteroatoms. The van der Waals surface area contributed by atoms with Gasteiger partial charge in [-0.2, -0.15) is 0 Å². The lowest BCUT2D eigenvalue weighted by Gasteiger charge is -2.11. The molecule has 0 aliphatic carbocycles. The summed E-state index contributed by atoms with van der Waals surface area (Å²) in [4.78, 5) is 22.3. The van der Waals surface area contributed by atoms with Crippen molar-refractivity contribution in [1.82, 2.24) is 5.32 Å². The van der Waals surface area contributed by atoms with E-state index in [-0.39, 0.29) is 0 Å². The number of amides is 1. The van der Waals surface area contributed by atoms with E-state index in [1.165, 1.54) is 0 Å². The van der Waals surface area contributed by atoms with Gasteiger partial charge in [0.15, 0.2) is 0 Å². The first kappa shape index (κ1) is 12.5. The number of benzene rings is 1. The second-order valence-corrected chi connectivity index (χ2v) is 3.72. The van der Waals surface area contributed by atoms with Crippen molar-refractivity contribution in [2.45, 2.75) is 19.4 Å². The van der Waals surface area contributed by atoms with Crippen LogP contribution in [0.5, 0.6) is 0 Å². The Labute approximate surface area is 98.2 Å². The van der Waals surface area contributed by atoms with E-state index >= 15 is 0 Å². The van der Waals surface area contributed by atoms with Gasteiger partial charge in [0, 0.05) is 10.6 Å². The molecule has 0 saturated heterocycles. The Balaban J connectivity index is 2.71. The third kappa shape index (κ3) is 3.24. The average molecular weight is 242 g/mol. The van der Waals surface area contributed by atoms with Gasteiger partial charge in [-0.3, -0.25) is 4.79 Å². The standard InChI is InChI=1S/C11H12ClNO3/c1-2-9(11(15)16)13-10(14)7-3-5-8(12)6-4-7/h3-6,9H,2H2,1H3,(H,13,14)(H,15,16)/t9-/m0/s1. The molecule has 1 amide bonds. The zero-order valence-electron chi connectivity index (χ0n) is 8.74. The van der Waals surface area contributed by atoms with Crippen LogP contribution in [0.25, 0.3) is 0 Å². The van der Waals surface area contributed by atoms with Crippen molar-refractivity contribution in [3.8, 4) is 0 Å². The van der Waals surface area contributed by atoms with Gasteiger partial charge in [0.1, 0.15) is 6.04 Å². The zero-order valence-corrected chi connectivity index (χ0v) is 9.49. The average Bonchev–Trinajstić information content (AvgIpc) is 2.26. The third-order valence-corrected chi connectivity index (χ3v) is 2.37. The molecule has 1 aromatic rings. The van der Waals surface area contributed by atoms with E-state index in [4.69, 9.17) is 16.7 Å². The molecule has 0 spiro atoms. The summed E-state index contributed by atoms with van der Waals surface area (Å²) in [5.41, 5.74) is 0.393. The molecule has 1 atom stereocenters. The summed E-state index contributed by atoms with van der Waals surface area (Å²) in [5.74, 6) is -1.45. The first-order valence-corrected chi connectivity index (χ1v) is 5.21. The minimum Gasteiger partial charge on any atom is -0.480 e. The Morgan fingerprint density at radius 2 is 1.94 bits per heavy atom. The molecule has 0 radical (unpaired) electrons. The highest BCUT2D eigenvalue weighted by Crippen LogP contribution is 2.09. The van der Waals surface area contributed by atoms with E-state index in [0.717, 1.165) is 0 Å². The van der Waals surface area contributed by atoms with Gasteiger partial charge in [-0.15, -0.1) is 0 Å². The lowest BCUT2D eigenvalue weighted by atomic mass is 10.1. The fourth-order valence-corrected chi connectivity index (χ4v) is 1.31. The van der Waals surface area contributed by atoms with Gasteiger partial charge in [-0.1, -0.05) is 18.5 Å². The number of carbonyl (C=O) groups excluding carboxylic acids is 1. The molecule has 16 heavy (non-hydrogen) atoms. The summed E-state index contributed by atoms with van der Waals surface area (Å²) in [7, 11) is 0. The smallest absolute Gasteiger partial charge is 0.326 e. The fraction of sp³-hybridized carbons (Fsp3) is 0.273. The molecule has 2 N–H and O–H groups in total. The Hall–Kier alpha value is -1.55. The largest absolute Gasteiger partial charge is 0.480 e. The fourth-order valence-electron chi connectivity index (χ4n) is 1.18. The van der Waals surface area contributed by atoms with Crippen LogP contribution in [0, 0.1) is 0 Å². The summed E-state index contributed by atoms with van der Waals surface area (Å²) >= 11 is 5.67. The van der Waals surface area contributed by atoms with Crippen LogP contribution in [-0.2, 0) is 4.79 Å². The maximum absolute atomic E-state index is 11.6. The van der Waals surface area contributed by atoms with E-state index in [2.05, 4.69) is 5.32 Å². The van der Waals surface area contributed by atoms with Crippen LogP contribution in [-0.4, -0.2) is 23.0 Å².